The van der Waals surface area contributed by atoms with Crippen molar-refractivity contribution in [3.8, 4) is 0 Å². The van der Waals surface area contributed by atoms with Gasteiger partial charge in [-0.3, -0.25) is 4.79 Å². The molecule has 0 aromatic heterocycles. The molecule has 25 heavy (non-hydrogen) atoms. The molecule has 0 aliphatic rings. The number of amides is 1. The van der Waals surface area contributed by atoms with Crippen LogP contribution in [-0.4, -0.2) is 17.6 Å². The molecule has 2 N–H and O–H groups in total. The molecule has 1 amide bonds. The summed E-state index contributed by atoms with van der Waals surface area (Å²) in [6, 6.07) is 15.2. The van der Waals surface area contributed by atoms with E-state index in [0.717, 1.165) is 16.8 Å². The SMILES string of the molecule is CC(=CC(C)(C)C)c1ccc(C(=O)Nc2ccccc2CCO)cc1. The van der Waals surface area contributed by atoms with Crippen molar-refractivity contribution in [3.63, 3.8) is 0 Å². The molecule has 0 radical (unpaired) electrons. The van der Waals surface area contributed by atoms with E-state index in [-0.39, 0.29) is 17.9 Å². The number of anilines is 1. The smallest absolute Gasteiger partial charge is 0.255 e. The Kier molecular flexibility index (Phi) is 6.16. The van der Waals surface area contributed by atoms with Crippen molar-refractivity contribution in [1.29, 1.82) is 0 Å². The van der Waals surface area contributed by atoms with Crippen molar-refractivity contribution in [1.82, 2.24) is 0 Å². The molecule has 0 saturated carbocycles. The third-order valence-electron chi connectivity index (χ3n) is 3.90. The van der Waals surface area contributed by atoms with E-state index in [2.05, 4.69) is 39.1 Å². The van der Waals surface area contributed by atoms with Crippen LogP contribution in [0.2, 0.25) is 0 Å². The van der Waals surface area contributed by atoms with Crippen molar-refractivity contribution in [2.75, 3.05) is 11.9 Å². The lowest BCUT2D eigenvalue weighted by Crippen LogP contribution is -2.13. The van der Waals surface area contributed by atoms with Crippen LogP contribution in [0.15, 0.2) is 54.6 Å². The molecule has 2 aromatic carbocycles. The summed E-state index contributed by atoms with van der Waals surface area (Å²) in [7, 11) is 0. The molecular weight excluding hydrogens is 310 g/mol. The van der Waals surface area contributed by atoms with Gasteiger partial charge in [-0.2, -0.15) is 0 Å². The van der Waals surface area contributed by atoms with Crippen LogP contribution in [0.25, 0.3) is 5.57 Å². The molecule has 0 aliphatic carbocycles. The van der Waals surface area contributed by atoms with Gasteiger partial charge in [0.2, 0.25) is 0 Å². The normalized spacial score (nSPS) is 12.1. The number of carbonyl (C=O) groups excluding carboxylic acids is 1. The number of nitrogens with one attached hydrogen (secondary N) is 1. The van der Waals surface area contributed by atoms with E-state index in [1.807, 2.05) is 48.5 Å². The predicted octanol–water partition coefficient (Wildman–Crippen LogP) is 4.92. The van der Waals surface area contributed by atoms with Crippen molar-refractivity contribution < 1.29 is 9.90 Å². The van der Waals surface area contributed by atoms with Crippen molar-refractivity contribution in [2.24, 2.45) is 5.41 Å². The maximum Gasteiger partial charge on any atom is 0.255 e. The second-order valence-corrected chi connectivity index (χ2v) is 7.36. The second kappa shape index (κ2) is 8.13. The van der Waals surface area contributed by atoms with E-state index in [4.69, 9.17) is 5.11 Å². The fourth-order valence-corrected chi connectivity index (χ4v) is 2.79. The van der Waals surface area contributed by atoms with Crippen molar-refractivity contribution >= 4 is 17.2 Å². The minimum Gasteiger partial charge on any atom is -0.396 e. The highest BCUT2D eigenvalue weighted by Crippen LogP contribution is 2.24. The molecule has 0 bridgehead atoms. The molecular formula is C22H27NO2. The van der Waals surface area contributed by atoms with Gasteiger partial charge in [0.25, 0.3) is 5.91 Å². The number of para-hydroxylation sites is 1. The van der Waals surface area contributed by atoms with E-state index in [9.17, 15) is 4.79 Å². The number of hydrogen-bond acceptors (Lipinski definition) is 2. The standard InChI is InChI=1S/C22H27NO2/c1-16(15-22(2,3)4)17-9-11-19(12-10-17)21(25)23-20-8-6-5-7-18(20)13-14-24/h5-12,15,24H,13-14H2,1-4H3,(H,23,25). The Morgan fingerprint density at radius 2 is 1.64 bits per heavy atom. The van der Waals surface area contributed by atoms with Gasteiger partial charge in [0.15, 0.2) is 0 Å². The lowest BCUT2D eigenvalue weighted by molar-refractivity contribution is 0.102. The van der Waals surface area contributed by atoms with E-state index in [0.29, 0.717) is 12.0 Å². The second-order valence-electron chi connectivity index (χ2n) is 7.36. The zero-order chi connectivity index (χ0) is 18.4. The Balaban J connectivity index is 2.15. The van der Waals surface area contributed by atoms with Crippen LogP contribution in [0.1, 0.15) is 49.2 Å². The van der Waals surface area contributed by atoms with Gasteiger partial charge in [-0.25, -0.2) is 0 Å². The highest BCUT2D eigenvalue weighted by molar-refractivity contribution is 6.04. The zero-order valence-corrected chi connectivity index (χ0v) is 15.5. The summed E-state index contributed by atoms with van der Waals surface area (Å²) < 4.78 is 0. The summed E-state index contributed by atoms with van der Waals surface area (Å²) in [6.45, 7) is 8.65. The average Bonchev–Trinajstić information content (AvgIpc) is 2.55. The third-order valence-corrected chi connectivity index (χ3v) is 3.90. The molecule has 2 aromatic rings. The molecule has 0 unspecified atom stereocenters. The van der Waals surface area contributed by atoms with E-state index in [1.165, 1.54) is 5.57 Å². The largest absolute Gasteiger partial charge is 0.396 e. The van der Waals surface area contributed by atoms with Gasteiger partial charge in [-0.05, 0) is 53.7 Å². The summed E-state index contributed by atoms with van der Waals surface area (Å²) in [5.74, 6) is -0.144. The molecule has 0 spiro atoms. The Morgan fingerprint density at radius 1 is 1.04 bits per heavy atom. The fraction of sp³-hybridized carbons (Fsp3) is 0.318. The first-order valence-corrected chi connectivity index (χ1v) is 8.60. The monoisotopic (exact) mass is 337 g/mol. The van der Waals surface area contributed by atoms with Gasteiger partial charge in [0, 0.05) is 17.9 Å². The Bertz CT molecular complexity index is 752. The number of rotatable bonds is 5. The first-order valence-electron chi connectivity index (χ1n) is 8.60. The third kappa shape index (κ3) is 5.57. The first-order chi connectivity index (χ1) is 11.8. The number of aliphatic hydroxyl groups excluding tert-OH is 1. The summed E-state index contributed by atoms with van der Waals surface area (Å²) in [5, 5.41) is 12.1. The van der Waals surface area contributed by atoms with Gasteiger partial charge in [0.1, 0.15) is 0 Å². The molecule has 3 heteroatoms. The topological polar surface area (TPSA) is 49.3 Å². The Hall–Kier alpha value is -2.39. The summed E-state index contributed by atoms with van der Waals surface area (Å²) >= 11 is 0. The van der Waals surface area contributed by atoms with Gasteiger partial charge in [-0.1, -0.05) is 57.2 Å². The van der Waals surface area contributed by atoms with E-state index in [1.54, 1.807) is 0 Å². The van der Waals surface area contributed by atoms with Gasteiger partial charge in [0.05, 0.1) is 0 Å². The lowest BCUT2D eigenvalue weighted by Gasteiger charge is -2.15. The molecule has 3 nitrogen and oxygen atoms in total. The van der Waals surface area contributed by atoms with Crippen LogP contribution in [-0.2, 0) is 6.42 Å². The minimum atomic E-state index is -0.144. The highest BCUT2D eigenvalue weighted by atomic mass is 16.3. The zero-order valence-electron chi connectivity index (χ0n) is 15.5. The quantitative estimate of drug-likeness (QED) is 0.813. The highest BCUT2D eigenvalue weighted by Gasteiger charge is 2.10. The van der Waals surface area contributed by atoms with E-state index >= 15 is 0 Å². The van der Waals surface area contributed by atoms with Crippen LogP contribution >= 0.6 is 0 Å². The first kappa shape index (κ1) is 18.9. The number of allylic oxidation sites excluding steroid dienone is 2. The van der Waals surface area contributed by atoms with Crippen molar-refractivity contribution in [2.45, 2.75) is 34.1 Å². The van der Waals surface area contributed by atoms with Crippen LogP contribution < -0.4 is 5.32 Å². The number of hydrogen-bond donors (Lipinski definition) is 2. The fourth-order valence-electron chi connectivity index (χ4n) is 2.79. The minimum absolute atomic E-state index is 0.0565. The van der Waals surface area contributed by atoms with Gasteiger partial charge < -0.3 is 10.4 Å². The van der Waals surface area contributed by atoms with Gasteiger partial charge in [-0.15, -0.1) is 0 Å². The summed E-state index contributed by atoms with van der Waals surface area (Å²) in [6.07, 6.45) is 2.75. The van der Waals surface area contributed by atoms with Crippen LogP contribution in [0.4, 0.5) is 5.69 Å². The molecule has 0 aliphatic heterocycles. The maximum absolute atomic E-state index is 12.5. The lowest BCUT2D eigenvalue weighted by atomic mass is 9.91. The molecule has 0 heterocycles. The van der Waals surface area contributed by atoms with Crippen LogP contribution in [0, 0.1) is 5.41 Å². The molecule has 0 saturated heterocycles. The van der Waals surface area contributed by atoms with Gasteiger partial charge >= 0.3 is 0 Å². The Morgan fingerprint density at radius 3 is 2.24 bits per heavy atom. The molecule has 0 fully saturated rings. The van der Waals surface area contributed by atoms with Crippen molar-refractivity contribution in [3.05, 3.63) is 71.3 Å². The molecule has 0 atom stereocenters. The van der Waals surface area contributed by atoms with Crippen LogP contribution in [0.5, 0.6) is 0 Å². The predicted molar refractivity (Wildman–Crippen MR) is 105 cm³/mol. The van der Waals surface area contributed by atoms with Crippen LogP contribution in [0.3, 0.4) is 0 Å². The average molecular weight is 337 g/mol. The summed E-state index contributed by atoms with van der Waals surface area (Å²) in [4.78, 5) is 12.5. The maximum atomic E-state index is 12.5. The molecule has 132 valence electrons. The summed E-state index contributed by atoms with van der Waals surface area (Å²) in [5.41, 5.74) is 4.73. The molecule has 2 rings (SSSR count). The number of aliphatic hydroxyl groups is 1. The number of benzene rings is 2. The number of carbonyl (C=O) groups is 1. The Labute approximate surface area is 150 Å². The van der Waals surface area contributed by atoms with E-state index < -0.39 is 0 Å².